The second-order valence-electron chi connectivity index (χ2n) is 5.66. The van der Waals surface area contributed by atoms with E-state index in [-0.39, 0.29) is 25.4 Å². The molecule has 0 unspecified atom stereocenters. The Labute approximate surface area is 142 Å². The summed E-state index contributed by atoms with van der Waals surface area (Å²) in [7, 11) is -3.48. The van der Waals surface area contributed by atoms with Crippen molar-refractivity contribution in [2.45, 2.75) is 26.8 Å². The Morgan fingerprint density at radius 3 is 2.58 bits per heavy atom. The summed E-state index contributed by atoms with van der Waals surface area (Å²) in [5.74, 6) is 0.420. The largest absolute Gasteiger partial charge is 0.467 e. The first-order valence-electron chi connectivity index (χ1n) is 7.62. The zero-order valence-electron chi connectivity index (χ0n) is 14.1. The minimum Gasteiger partial charge on any atom is -0.467 e. The molecule has 1 N–H and O–H groups in total. The number of nitrogens with zero attached hydrogens (tertiary/aromatic N) is 1. The van der Waals surface area contributed by atoms with Gasteiger partial charge in [-0.1, -0.05) is 12.1 Å². The Kier molecular flexibility index (Phi) is 5.66. The number of benzene rings is 1. The summed E-state index contributed by atoms with van der Waals surface area (Å²) in [6.45, 7) is 4.18. The quantitative estimate of drug-likeness (QED) is 0.831. The second kappa shape index (κ2) is 7.53. The highest BCUT2D eigenvalue weighted by Gasteiger charge is 2.20. The van der Waals surface area contributed by atoms with Crippen LogP contribution in [-0.4, -0.2) is 27.1 Å². The van der Waals surface area contributed by atoms with E-state index in [1.54, 1.807) is 18.2 Å². The van der Waals surface area contributed by atoms with Gasteiger partial charge in [-0.3, -0.25) is 9.10 Å². The molecule has 0 saturated heterocycles. The summed E-state index contributed by atoms with van der Waals surface area (Å²) in [4.78, 5) is 12.0. The van der Waals surface area contributed by atoms with Gasteiger partial charge in [-0.15, -0.1) is 0 Å². The number of sulfonamides is 1. The molecule has 1 amide bonds. The lowest BCUT2D eigenvalue weighted by Gasteiger charge is -2.24. The Morgan fingerprint density at radius 1 is 1.21 bits per heavy atom. The van der Waals surface area contributed by atoms with Crippen LogP contribution in [0, 0.1) is 13.8 Å². The topological polar surface area (TPSA) is 79.6 Å². The second-order valence-corrected chi connectivity index (χ2v) is 7.57. The van der Waals surface area contributed by atoms with Gasteiger partial charge in [0.05, 0.1) is 24.8 Å². The van der Waals surface area contributed by atoms with Gasteiger partial charge in [0, 0.05) is 13.0 Å². The summed E-state index contributed by atoms with van der Waals surface area (Å²) < 4.78 is 30.7. The van der Waals surface area contributed by atoms with Gasteiger partial charge in [-0.05, 0) is 43.2 Å². The predicted molar refractivity (Wildman–Crippen MR) is 93.3 cm³/mol. The van der Waals surface area contributed by atoms with E-state index < -0.39 is 10.0 Å². The van der Waals surface area contributed by atoms with Gasteiger partial charge >= 0.3 is 0 Å². The highest BCUT2D eigenvalue weighted by atomic mass is 32.2. The number of nitrogens with one attached hydrogen (secondary N) is 1. The maximum atomic E-state index is 12.1. The number of carbonyl (C=O) groups excluding carboxylic acids is 1. The number of furan rings is 1. The van der Waals surface area contributed by atoms with Gasteiger partial charge in [0.25, 0.3) is 0 Å². The molecular formula is C17H22N2O4S. The highest BCUT2D eigenvalue weighted by molar-refractivity contribution is 7.92. The average molecular weight is 350 g/mol. The van der Waals surface area contributed by atoms with Gasteiger partial charge in [0.2, 0.25) is 15.9 Å². The monoisotopic (exact) mass is 350 g/mol. The molecule has 0 aliphatic rings. The van der Waals surface area contributed by atoms with Gasteiger partial charge in [0.15, 0.2) is 0 Å². The van der Waals surface area contributed by atoms with E-state index in [2.05, 4.69) is 5.32 Å². The lowest BCUT2D eigenvalue weighted by molar-refractivity contribution is -0.121. The Morgan fingerprint density at radius 2 is 1.96 bits per heavy atom. The van der Waals surface area contributed by atoms with E-state index in [4.69, 9.17) is 4.42 Å². The molecule has 0 atom stereocenters. The van der Waals surface area contributed by atoms with Crippen LogP contribution in [0.15, 0.2) is 41.0 Å². The number of carbonyl (C=O) groups is 1. The van der Waals surface area contributed by atoms with Crippen molar-refractivity contribution in [3.8, 4) is 0 Å². The van der Waals surface area contributed by atoms with Crippen LogP contribution in [0.5, 0.6) is 0 Å². The summed E-state index contributed by atoms with van der Waals surface area (Å²) in [5.41, 5.74) is 2.50. The third-order valence-electron chi connectivity index (χ3n) is 3.83. The fourth-order valence-electron chi connectivity index (χ4n) is 2.36. The summed E-state index contributed by atoms with van der Waals surface area (Å²) in [6, 6.07) is 9.00. The SMILES string of the molecule is Cc1cccc(N(CCC(=O)NCc2ccco2)S(C)(=O)=O)c1C. The standard InChI is InChI=1S/C17H22N2O4S/c1-13-6-4-8-16(14(13)2)19(24(3,21)22)10-9-17(20)18-12-15-7-5-11-23-15/h4-8,11H,9-10,12H2,1-3H3,(H,18,20). The normalized spacial score (nSPS) is 11.3. The average Bonchev–Trinajstić information content (AvgIpc) is 3.01. The highest BCUT2D eigenvalue weighted by Crippen LogP contribution is 2.25. The number of hydrogen-bond acceptors (Lipinski definition) is 4. The molecule has 6 nitrogen and oxygen atoms in total. The van der Waals surface area contributed by atoms with Gasteiger partial charge in [0.1, 0.15) is 5.76 Å². The van der Waals surface area contributed by atoms with Crippen molar-refractivity contribution in [2.24, 2.45) is 0 Å². The van der Waals surface area contributed by atoms with E-state index in [0.29, 0.717) is 11.4 Å². The molecule has 130 valence electrons. The molecule has 7 heteroatoms. The zero-order valence-corrected chi connectivity index (χ0v) is 14.9. The smallest absolute Gasteiger partial charge is 0.232 e. The molecule has 0 bridgehead atoms. The molecule has 1 aromatic heterocycles. The fraction of sp³-hybridized carbons (Fsp3) is 0.353. The molecule has 2 rings (SSSR count). The maximum absolute atomic E-state index is 12.1. The minimum atomic E-state index is -3.48. The number of rotatable bonds is 7. The summed E-state index contributed by atoms with van der Waals surface area (Å²) in [5, 5.41) is 2.72. The Bertz CT molecular complexity index is 798. The van der Waals surface area contributed by atoms with Crippen molar-refractivity contribution in [1.82, 2.24) is 5.32 Å². The number of amides is 1. The van der Waals surface area contributed by atoms with Crippen molar-refractivity contribution < 1.29 is 17.6 Å². The molecule has 0 saturated carbocycles. The first-order chi connectivity index (χ1) is 11.3. The van der Waals surface area contributed by atoms with E-state index in [1.165, 1.54) is 10.6 Å². The van der Waals surface area contributed by atoms with Crippen LogP contribution in [0.25, 0.3) is 0 Å². The van der Waals surface area contributed by atoms with Crippen LogP contribution in [0.3, 0.4) is 0 Å². The minimum absolute atomic E-state index is 0.0706. The first-order valence-corrected chi connectivity index (χ1v) is 9.47. The molecule has 0 aliphatic heterocycles. The molecule has 2 aromatic rings. The van der Waals surface area contributed by atoms with E-state index in [9.17, 15) is 13.2 Å². The molecule has 0 fully saturated rings. The van der Waals surface area contributed by atoms with E-state index >= 15 is 0 Å². The summed E-state index contributed by atoms with van der Waals surface area (Å²) in [6.07, 6.45) is 2.75. The van der Waals surface area contributed by atoms with Crippen molar-refractivity contribution in [3.63, 3.8) is 0 Å². The Balaban J connectivity index is 2.05. The molecule has 1 aromatic carbocycles. The van der Waals surface area contributed by atoms with Gasteiger partial charge < -0.3 is 9.73 Å². The lowest BCUT2D eigenvalue weighted by Crippen LogP contribution is -2.35. The van der Waals surface area contributed by atoms with Crippen LogP contribution in [-0.2, 0) is 21.4 Å². The molecule has 0 radical (unpaired) electrons. The molecule has 0 aliphatic carbocycles. The van der Waals surface area contributed by atoms with Crippen LogP contribution in [0.2, 0.25) is 0 Å². The number of anilines is 1. The van der Waals surface area contributed by atoms with Gasteiger partial charge in [-0.25, -0.2) is 8.42 Å². The molecule has 1 heterocycles. The van der Waals surface area contributed by atoms with Crippen molar-refractivity contribution in [1.29, 1.82) is 0 Å². The van der Waals surface area contributed by atoms with Crippen LogP contribution < -0.4 is 9.62 Å². The third kappa shape index (κ3) is 4.61. The van der Waals surface area contributed by atoms with Crippen molar-refractivity contribution >= 4 is 21.6 Å². The van der Waals surface area contributed by atoms with Gasteiger partial charge in [-0.2, -0.15) is 0 Å². The molecule has 0 spiro atoms. The number of aryl methyl sites for hydroxylation is 1. The van der Waals surface area contributed by atoms with Crippen molar-refractivity contribution in [3.05, 3.63) is 53.5 Å². The third-order valence-corrected chi connectivity index (χ3v) is 5.01. The van der Waals surface area contributed by atoms with Crippen LogP contribution in [0.4, 0.5) is 5.69 Å². The first kappa shape index (κ1) is 18.1. The van der Waals surface area contributed by atoms with E-state index in [0.717, 1.165) is 17.4 Å². The number of hydrogen-bond donors (Lipinski definition) is 1. The van der Waals surface area contributed by atoms with Crippen LogP contribution >= 0.6 is 0 Å². The zero-order chi connectivity index (χ0) is 17.7. The molecule has 24 heavy (non-hydrogen) atoms. The predicted octanol–water partition coefficient (Wildman–Crippen LogP) is 2.37. The van der Waals surface area contributed by atoms with E-state index in [1.807, 2.05) is 26.0 Å². The van der Waals surface area contributed by atoms with Crippen molar-refractivity contribution in [2.75, 3.05) is 17.1 Å². The van der Waals surface area contributed by atoms with Crippen LogP contribution in [0.1, 0.15) is 23.3 Å². The molecular weight excluding hydrogens is 328 g/mol. The maximum Gasteiger partial charge on any atom is 0.232 e. The fourth-order valence-corrected chi connectivity index (χ4v) is 3.34. The lowest BCUT2D eigenvalue weighted by atomic mass is 10.1. The Hall–Kier alpha value is -2.28. The summed E-state index contributed by atoms with van der Waals surface area (Å²) >= 11 is 0.